The number of nitrogens with zero attached hydrogens (tertiary/aromatic N) is 3. The quantitative estimate of drug-likeness (QED) is 0.880. The molecule has 0 unspecified atom stereocenters. The van der Waals surface area contributed by atoms with E-state index >= 15 is 0 Å². The number of hydrogen-bond acceptors (Lipinski definition) is 3. The topological polar surface area (TPSA) is 50.2 Å². The third-order valence-electron chi connectivity index (χ3n) is 3.85. The Morgan fingerprint density at radius 2 is 2.25 bits per heavy atom. The summed E-state index contributed by atoms with van der Waals surface area (Å²) in [6.45, 7) is 9.35. The minimum absolute atomic E-state index is 0.163. The van der Waals surface area contributed by atoms with Gasteiger partial charge in [0.2, 0.25) is 5.91 Å². The number of likely N-dealkylation sites (N-methyl/N-ethyl adjacent to an activating group) is 1. The Hall–Kier alpha value is -1.36. The summed E-state index contributed by atoms with van der Waals surface area (Å²) in [4.78, 5) is 18.8. The van der Waals surface area contributed by atoms with E-state index in [2.05, 4.69) is 23.7 Å². The Kier molecular flexibility index (Phi) is 4.81. The lowest BCUT2D eigenvalue weighted by atomic mass is 10.1. The summed E-state index contributed by atoms with van der Waals surface area (Å²) in [6, 6.07) is 0. The summed E-state index contributed by atoms with van der Waals surface area (Å²) < 4.78 is 2.16. The van der Waals surface area contributed by atoms with Gasteiger partial charge in [0, 0.05) is 45.2 Å². The predicted octanol–water partition coefficient (Wildman–Crippen LogP) is 1.21. The Morgan fingerprint density at radius 1 is 1.50 bits per heavy atom. The van der Waals surface area contributed by atoms with Crippen molar-refractivity contribution in [1.82, 2.24) is 19.8 Å². The van der Waals surface area contributed by atoms with Crippen molar-refractivity contribution in [3.05, 3.63) is 17.2 Å². The van der Waals surface area contributed by atoms with Crippen LogP contribution in [0, 0.1) is 5.92 Å². The van der Waals surface area contributed by atoms with Crippen molar-refractivity contribution < 1.29 is 4.79 Å². The van der Waals surface area contributed by atoms with E-state index in [1.165, 1.54) is 5.69 Å². The van der Waals surface area contributed by atoms with Crippen LogP contribution >= 0.6 is 0 Å². The Labute approximate surface area is 121 Å². The van der Waals surface area contributed by atoms with Crippen molar-refractivity contribution in [2.45, 2.75) is 46.7 Å². The molecule has 1 aliphatic rings. The Bertz CT molecular complexity index is 478. The number of fused-ring (bicyclic) bond motifs is 1. The normalized spacial score (nSPS) is 14.4. The molecule has 1 aromatic rings. The summed E-state index contributed by atoms with van der Waals surface area (Å²) in [7, 11) is 1.86. The van der Waals surface area contributed by atoms with Gasteiger partial charge in [-0.25, -0.2) is 4.98 Å². The van der Waals surface area contributed by atoms with E-state index in [1.807, 2.05) is 14.0 Å². The maximum Gasteiger partial charge on any atom is 0.242 e. The highest BCUT2D eigenvalue weighted by molar-refractivity contribution is 5.75. The van der Waals surface area contributed by atoms with Gasteiger partial charge >= 0.3 is 0 Å². The number of amides is 1. The van der Waals surface area contributed by atoms with Gasteiger partial charge in [-0.2, -0.15) is 0 Å². The first kappa shape index (κ1) is 15.0. The number of carbonyl (C=O) groups excluding carboxylic acids is 1. The molecule has 5 heteroatoms. The van der Waals surface area contributed by atoms with Crippen LogP contribution in [0.1, 0.15) is 38.0 Å². The summed E-state index contributed by atoms with van der Waals surface area (Å²) >= 11 is 0. The van der Waals surface area contributed by atoms with Gasteiger partial charge < -0.3 is 14.8 Å². The van der Waals surface area contributed by atoms with Crippen LogP contribution in [-0.2, 0) is 30.7 Å². The first-order chi connectivity index (χ1) is 9.52. The van der Waals surface area contributed by atoms with Crippen LogP contribution in [0.5, 0.6) is 0 Å². The molecule has 2 heterocycles. The monoisotopic (exact) mass is 278 g/mol. The zero-order valence-corrected chi connectivity index (χ0v) is 13.1. The van der Waals surface area contributed by atoms with Gasteiger partial charge in [-0.1, -0.05) is 13.8 Å². The molecule has 112 valence electrons. The summed E-state index contributed by atoms with van der Waals surface area (Å²) in [5.41, 5.74) is 2.37. The minimum Gasteiger partial charge on any atom is -0.344 e. The van der Waals surface area contributed by atoms with E-state index in [4.69, 9.17) is 4.98 Å². The first-order valence-corrected chi connectivity index (χ1v) is 7.54. The molecule has 0 radical (unpaired) electrons. The molecule has 1 aliphatic heterocycles. The standard InChI is InChI=1S/C15H26N4O/c1-5-18(4)15(20)10-19-13-6-7-16-9-12(13)17-14(19)8-11(2)3/h11,16H,5-10H2,1-4H3. The van der Waals surface area contributed by atoms with Gasteiger partial charge in [0.15, 0.2) is 0 Å². The number of aromatic nitrogens is 2. The molecular formula is C15H26N4O. The summed E-state index contributed by atoms with van der Waals surface area (Å²) in [6.07, 6.45) is 1.89. The molecule has 1 amide bonds. The molecule has 2 rings (SSSR count). The molecular weight excluding hydrogens is 252 g/mol. The minimum atomic E-state index is 0.163. The van der Waals surface area contributed by atoms with Crippen LogP contribution in [-0.4, -0.2) is 40.5 Å². The van der Waals surface area contributed by atoms with Crippen molar-refractivity contribution >= 4 is 5.91 Å². The molecule has 5 nitrogen and oxygen atoms in total. The highest BCUT2D eigenvalue weighted by Gasteiger charge is 2.22. The Balaban J connectivity index is 2.28. The molecule has 0 aromatic carbocycles. The predicted molar refractivity (Wildman–Crippen MR) is 79.5 cm³/mol. The highest BCUT2D eigenvalue weighted by atomic mass is 16.2. The molecule has 1 N–H and O–H groups in total. The van der Waals surface area contributed by atoms with Crippen molar-refractivity contribution in [3.63, 3.8) is 0 Å². The van der Waals surface area contributed by atoms with Crippen molar-refractivity contribution in [3.8, 4) is 0 Å². The van der Waals surface area contributed by atoms with Crippen LogP contribution in [0.25, 0.3) is 0 Å². The molecule has 0 saturated heterocycles. The van der Waals surface area contributed by atoms with Crippen molar-refractivity contribution in [2.24, 2.45) is 5.92 Å². The van der Waals surface area contributed by atoms with Crippen LogP contribution in [0.3, 0.4) is 0 Å². The molecule has 0 atom stereocenters. The molecule has 0 spiro atoms. The van der Waals surface area contributed by atoms with Gasteiger partial charge in [-0.05, 0) is 12.8 Å². The maximum atomic E-state index is 12.2. The van der Waals surface area contributed by atoms with Crippen LogP contribution in [0.15, 0.2) is 0 Å². The highest BCUT2D eigenvalue weighted by Crippen LogP contribution is 2.18. The van der Waals surface area contributed by atoms with Crippen LogP contribution < -0.4 is 5.32 Å². The number of imidazole rings is 1. The Morgan fingerprint density at radius 3 is 2.90 bits per heavy atom. The van der Waals surface area contributed by atoms with E-state index < -0.39 is 0 Å². The molecule has 0 aliphatic carbocycles. The number of carbonyl (C=O) groups is 1. The van der Waals surface area contributed by atoms with E-state index in [-0.39, 0.29) is 5.91 Å². The van der Waals surface area contributed by atoms with Gasteiger partial charge in [0.25, 0.3) is 0 Å². The van der Waals surface area contributed by atoms with E-state index in [9.17, 15) is 4.79 Å². The number of rotatable bonds is 5. The smallest absolute Gasteiger partial charge is 0.242 e. The van der Waals surface area contributed by atoms with E-state index in [1.54, 1.807) is 4.90 Å². The average Bonchev–Trinajstić information content (AvgIpc) is 2.75. The van der Waals surface area contributed by atoms with Gasteiger partial charge in [0.1, 0.15) is 12.4 Å². The van der Waals surface area contributed by atoms with Crippen molar-refractivity contribution in [1.29, 1.82) is 0 Å². The van der Waals surface area contributed by atoms with Crippen LogP contribution in [0.2, 0.25) is 0 Å². The number of hydrogen-bond donors (Lipinski definition) is 1. The fourth-order valence-electron chi connectivity index (χ4n) is 2.57. The first-order valence-electron chi connectivity index (χ1n) is 7.54. The lowest BCUT2D eigenvalue weighted by Crippen LogP contribution is -2.32. The van der Waals surface area contributed by atoms with Crippen LogP contribution in [0.4, 0.5) is 0 Å². The third-order valence-corrected chi connectivity index (χ3v) is 3.85. The van der Waals surface area contributed by atoms with Crippen molar-refractivity contribution in [2.75, 3.05) is 20.1 Å². The zero-order chi connectivity index (χ0) is 14.7. The molecule has 0 fully saturated rings. The molecule has 0 saturated carbocycles. The lowest BCUT2D eigenvalue weighted by Gasteiger charge is -2.19. The van der Waals surface area contributed by atoms with E-state index in [0.717, 1.165) is 44.0 Å². The molecule has 1 aromatic heterocycles. The SMILES string of the molecule is CCN(C)C(=O)Cn1c(CC(C)C)nc2c1CCNC2. The lowest BCUT2D eigenvalue weighted by molar-refractivity contribution is -0.130. The molecule has 20 heavy (non-hydrogen) atoms. The van der Waals surface area contributed by atoms with Gasteiger partial charge in [0.05, 0.1) is 5.69 Å². The zero-order valence-electron chi connectivity index (χ0n) is 13.1. The molecule has 0 bridgehead atoms. The van der Waals surface area contributed by atoms with Gasteiger partial charge in [-0.15, -0.1) is 0 Å². The maximum absolute atomic E-state index is 12.2. The summed E-state index contributed by atoms with van der Waals surface area (Å²) in [5.74, 6) is 1.77. The van der Waals surface area contributed by atoms with E-state index in [0.29, 0.717) is 12.5 Å². The third kappa shape index (κ3) is 3.20. The largest absolute Gasteiger partial charge is 0.344 e. The second-order valence-corrected chi connectivity index (χ2v) is 5.94. The fourth-order valence-corrected chi connectivity index (χ4v) is 2.57. The second kappa shape index (κ2) is 6.39. The summed E-state index contributed by atoms with van der Waals surface area (Å²) in [5, 5.41) is 3.35. The van der Waals surface area contributed by atoms with Gasteiger partial charge in [-0.3, -0.25) is 4.79 Å². The second-order valence-electron chi connectivity index (χ2n) is 5.94. The number of nitrogens with one attached hydrogen (secondary N) is 1. The fraction of sp³-hybridized carbons (Fsp3) is 0.733. The average molecular weight is 278 g/mol.